The van der Waals surface area contributed by atoms with Crippen LogP contribution in [-0.2, 0) is 10.0 Å². The predicted octanol–water partition coefficient (Wildman–Crippen LogP) is 5.32. The zero-order valence-electron chi connectivity index (χ0n) is 16.3. The Morgan fingerprint density at radius 1 is 0.828 bits per heavy atom. The molecule has 7 heteroatoms. The number of rotatable bonds is 5. The Hall–Kier alpha value is -2.83. The fourth-order valence-corrected chi connectivity index (χ4v) is 4.42. The van der Waals surface area contributed by atoms with Crippen LogP contribution in [0.2, 0.25) is 5.02 Å². The normalized spacial score (nSPS) is 11.2. The highest BCUT2D eigenvalue weighted by molar-refractivity contribution is 7.92. The topological polar surface area (TPSA) is 75.3 Å². The van der Waals surface area contributed by atoms with Gasteiger partial charge in [0, 0.05) is 16.3 Å². The number of hydrogen-bond donors (Lipinski definition) is 2. The van der Waals surface area contributed by atoms with Gasteiger partial charge in [0.25, 0.3) is 15.9 Å². The van der Waals surface area contributed by atoms with Crippen LogP contribution in [0.15, 0.2) is 65.6 Å². The number of amides is 1. The smallest absolute Gasteiger partial charge is 0.262 e. The molecule has 2 N–H and O–H groups in total. The minimum Gasteiger partial charge on any atom is -0.322 e. The summed E-state index contributed by atoms with van der Waals surface area (Å²) in [6.45, 7) is 5.36. The predicted molar refractivity (Wildman–Crippen MR) is 117 cm³/mol. The molecule has 0 spiro atoms. The summed E-state index contributed by atoms with van der Waals surface area (Å²) in [5, 5.41) is 3.29. The number of para-hydroxylation sites is 1. The van der Waals surface area contributed by atoms with E-state index in [9.17, 15) is 13.2 Å². The number of hydrogen-bond acceptors (Lipinski definition) is 3. The molecule has 5 nitrogen and oxygen atoms in total. The minimum atomic E-state index is -3.86. The van der Waals surface area contributed by atoms with Gasteiger partial charge in [-0.05, 0) is 67.8 Å². The summed E-state index contributed by atoms with van der Waals surface area (Å²) in [6, 6.07) is 16.9. The van der Waals surface area contributed by atoms with Crippen molar-refractivity contribution < 1.29 is 13.2 Å². The third-order valence-electron chi connectivity index (χ3n) is 4.58. The van der Waals surface area contributed by atoms with Crippen LogP contribution in [0, 0.1) is 20.8 Å². The van der Waals surface area contributed by atoms with Crippen molar-refractivity contribution in [1.29, 1.82) is 0 Å². The molecule has 0 fully saturated rings. The van der Waals surface area contributed by atoms with E-state index < -0.39 is 15.9 Å². The van der Waals surface area contributed by atoms with Crippen molar-refractivity contribution in [3.05, 3.63) is 87.9 Å². The lowest BCUT2D eigenvalue weighted by atomic mass is 10.1. The molecule has 0 unspecified atom stereocenters. The van der Waals surface area contributed by atoms with Crippen molar-refractivity contribution >= 4 is 38.9 Å². The van der Waals surface area contributed by atoms with Gasteiger partial charge < -0.3 is 5.32 Å². The van der Waals surface area contributed by atoms with Gasteiger partial charge in [0.05, 0.1) is 10.6 Å². The van der Waals surface area contributed by atoms with Crippen LogP contribution in [0.25, 0.3) is 0 Å². The highest BCUT2D eigenvalue weighted by Crippen LogP contribution is 2.24. The zero-order chi connectivity index (χ0) is 21.2. The average Bonchev–Trinajstić information content (AvgIpc) is 2.66. The summed E-state index contributed by atoms with van der Waals surface area (Å²) in [7, 11) is -3.86. The fourth-order valence-electron chi connectivity index (χ4n) is 2.84. The van der Waals surface area contributed by atoms with Gasteiger partial charge >= 0.3 is 0 Å². The fraction of sp³-hybridized carbons (Fsp3) is 0.136. The maximum absolute atomic E-state index is 12.9. The van der Waals surface area contributed by atoms with Crippen molar-refractivity contribution in [2.45, 2.75) is 25.7 Å². The Balaban J connectivity index is 1.92. The van der Waals surface area contributed by atoms with Crippen LogP contribution in [0.4, 0.5) is 11.4 Å². The van der Waals surface area contributed by atoms with Crippen molar-refractivity contribution in [2.75, 3.05) is 10.0 Å². The van der Waals surface area contributed by atoms with Crippen LogP contribution in [-0.4, -0.2) is 14.3 Å². The number of halogens is 1. The van der Waals surface area contributed by atoms with E-state index in [1.54, 1.807) is 49.4 Å². The molecule has 3 aromatic rings. The number of carbonyl (C=O) groups excluding carboxylic acids is 1. The van der Waals surface area contributed by atoms with E-state index in [0.29, 0.717) is 22.0 Å². The van der Waals surface area contributed by atoms with E-state index in [-0.39, 0.29) is 10.5 Å². The number of aryl methyl sites for hydroxylation is 3. The van der Waals surface area contributed by atoms with Gasteiger partial charge in [-0.3, -0.25) is 9.52 Å². The quantitative estimate of drug-likeness (QED) is 0.577. The molecule has 3 rings (SSSR count). The molecule has 0 saturated carbocycles. The third-order valence-corrected chi connectivity index (χ3v) is 6.32. The maximum Gasteiger partial charge on any atom is 0.262 e. The number of anilines is 2. The molecule has 0 radical (unpaired) electrons. The largest absolute Gasteiger partial charge is 0.322 e. The van der Waals surface area contributed by atoms with Crippen LogP contribution in [0.5, 0.6) is 0 Å². The molecular formula is C22H21ClN2O3S. The molecule has 0 aliphatic rings. The first-order valence-corrected chi connectivity index (χ1v) is 10.8. The first-order chi connectivity index (χ1) is 13.7. The highest BCUT2D eigenvalue weighted by Gasteiger charge is 2.20. The summed E-state index contributed by atoms with van der Waals surface area (Å²) in [5.41, 5.74) is 3.51. The van der Waals surface area contributed by atoms with Gasteiger partial charge in [-0.2, -0.15) is 0 Å². The van der Waals surface area contributed by atoms with Gasteiger partial charge in [-0.15, -0.1) is 0 Å². The Bertz CT molecular complexity index is 1190. The highest BCUT2D eigenvalue weighted by atomic mass is 35.5. The molecule has 3 aromatic carbocycles. The Kier molecular flexibility index (Phi) is 5.96. The minimum absolute atomic E-state index is 0.0521. The second-order valence-corrected chi connectivity index (χ2v) is 8.90. The SMILES string of the molecule is Cc1ccc(Cl)cc1NC(=O)c1ccc(C)c(S(=O)(=O)Nc2ccccc2C)c1. The third kappa shape index (κ3) is 4.78. The van der Waals surface area contributed by atoms with Crippen molar-refractivity contribution in [3.8, 4) is 0 Å². The number of sulfonamides is 1. The summed E-state index contributed by atoms with van der Waals surface area (Å²) in [6.07, 6.45) is 0. The Morgan fingerprint density at radius 3 is 2.21 bits per heavy atom. The molecule has 150 valence electrons. The monoisotopic (exact) mass is 428 g/mol. The van der Waals surface area contributed by atoms with Crippen molar-refractivity contribution in [2.24, 2.45) is 0 Å². The number of carbonyl (C=O) groups is 1. The zero-order valence-corrected chi connectivity index (χ0v) is 17.9. The Morgan fingerprint density at radius 2 is 1.48 bits per heavy atom. The van der Waals surface area contributed by atoms with Crippen LogP contribution in [0.3, 0.4) is 0 Å². The summed E-state index contributed by atoms with van der Waals surface area (Å²) >= 11 is 6.00. The van der Waals surface area contributed by atoms with Crippen LogP contribution in [0.1, 0.15) is 27.0 Å². The molecule has 0 bridgehead atoms. The van der Waals surface area contributed by atoms with Crippen LogP contribution < -0.4 is 10.0 Å². The lowest BCUT2D eigenvalue weighted by Crippen LogP contribution is -2.17. The standard InChI is InChI=1S/C22H21ClN2O3S/c1-14-6-4-5-7-19(14)25-29(27,28)21-12-17(10-8-16(21)3)22(26)24-20-13-18(23)11-9-15(20)2/h4-13,25H,1-3H3,(H,24,26). The van der Waals surface area contributed by atoms with Crippen molar-refractivity contribution in [3.63, 3.8) is 0 Å². The molecule has 0 aliphatic carbocycles. The molecule has 0 saturated heterocycles. The second-order valence-electron chi connectivity index (χ2n) is 6.81. The first kappa shape index (κ1) is 20.9. The summed E-state index contributed by atoms with van der Waals surface area (Å²) in [5.74, 6) is -0.414. The molecule has 0 aromatic heterocycles. The molecule has 0 aliphatic heterocycles. The van der Waals surface area contributed by atoms with Crippen molar-refractivity contribution in [1.82, 2.24) is 0 Å². The summed E-state index contributed by atoms with van der Waals surface area (Å²) < 4.78 is 28.5. The first-order valence-electron chi connectivity index (χ1n) is 8.94. The van der Waals surface area contributed by atoms with E-state index in [0.717, 1.165) is 11.1 Å². The van der Waals surface area contributed by atoms with Gasteiger partial charge in [0.15, 0.2) is 0 Å². The van der Waals surface area contributed by atoms with Crippen LogP contribution >= 0.6 is 11.6 Å². The van der Waals surface area contributed by atoms with E-state index >= 15 is 0 Å². The molecule has 1 amide bonds. The molecule has 0 heterocycles. The maximum atomic E-state index is 12.9. The Labute approximate surface area is 175 Å². The number of benzene rings is 3. The van der Waals surface area contributed by atoms with Gasteiger partial charge in [0.2, 0.25) is 0 Å². The van der Waals surface area contributed by atoms with Gasteiger partial charge in [-0.25, -0.2) is 8.42 Å². The van der Waals surface area contributed by atoms with E-state index in [1.165, 1.54) is 6.07 Å². The molecular weight excluding hydrogens is 408 g/mol. The molecule has 0 atom stereocenters. The van der Waals surface area contributed by atoms with E-state index in [4.69, 9.17) is 11.6 Å². The number of nitrogens with one attached hydrogen (secondary N) is 2. The van der Waals surface area contributed by atoms with E-state index in [2.05, 4.69) is 10.0 Å². The second kappa shape index (κ2) is 8.27. The van der Waals surface area contributed by atoms with Gasteiger partial charge in [-0.1, -0.05) is 41.9 Å². The average molecular weight is 429 g/mol. The molecule has 29 heavy (non-hydrogen) atoms. The lowest BCUT2D eigenvalue weighted by molar-refractivity contribution is 0.102. The lowest BCUT2D eigenvalue weighted by Gasteiger charge is -2.14. The van der Waals surface area contributed by atoms with E-state index in [1.807, 2.05) is 26.0 Å². The summed E-state index contributed by atoms with van der Waals surface area (Å²) in [4.78, 5) is 12.8. The van der Waals surface area contributed by atoms with Gasteiger partial charge in [0.1, 0.15) is 0 Å².